The molecule has 0 aliphatic heterocycles. The van der Waals surface area contributed by atoms with Crippen molar-refractivity contribution in [2.45, 2.75) is 0 Å². The minimum atomic E-state index is -1.75. The van der Waals surface area contributed by atoms with Crippen molar-refractivity contribution in [1.82, 2.24) is 0 Å². The summed E-state index contributed by atoms with van der Waals surface area (Å²) in [7, 11) is 0. The lowest BCUT2D eigenvalue weighted by Gasteiger charge is -1.81. The van der Waals surface area contributed by atoms with Gasteiger partial charge in [-0.2, -0.15) is 0 Å². The van der Waals surface area contributed by atoms with Crippen LogP contribution in [-0.2, 0) is 0 Å². The summed E-state index contributed by atoms with van der Waals surface area (Å²) in [5.74, 6) is 0. The summed E-state index contributed by atoms with van der Waals surface area (Å²) in [5, 5.41) is 23.0. The van der Waals surface area contributed by atoms with Crippen LogP contribution >= 0.6 is 0 Å². The summed E-state index contributed by atoms with van der Waals surface area (Å²) in [6.07, 6.45) is 0. The number of benzene rings is 1. The molecule has 0 saturated carbocycles. The zero-order valence-electron chi connectivity index (χ0n) is 6.45. The first kappa shape index (κ1) is 10.6. The van der Waals surface area contributed by atoms with Crippen LogP contribution in [0.25, 0.3) is 4.98 Å². The van der Waals surface area contributed by atoms with Gasteiger partial charge in [0.2, 0.25) is 5.39 Å². The van der Waals surface area contributed by atoms with E-state index in [4.69, 9.17) is 26.4 Å². The number of diazo groups is 1. The van der Waals surface area contributed by atoms with Gasteiger partial charge in [0.1, 0.15) is 5.69 Å². The quantitative estimate of drug-likeness (QED) is 0.282. The molecule has 1 rings (SSSR count). The molecule has 0 fully saturated rings. The molecular formula is C6H6N4O3. The van der Waals surface area contributed by atoms with Crippen molar-refractivity contribution in [3.8, 4) is 0 Å². The monoisotopic (exact) mass is 182 g/mol. The molecule has 0 amide bonds. The maximum Gasteiger partial charge on any atom is 0.407 e. The van der Waals surface area contributed by atoms with Crippen molar-refractivity contribution in [3.05, 3.63) is 44.6 Å². The average molecular weight is 182 g/mol. The van der Waals surface area contributed by atoms with E-state index in [1.54, 1.807) is 24.3 Å². The maximum absolute atomic E-state index is 8.26. The fourth-order valence-corrected chi connectivity index (χ4v) is 0.579. The van der Waals surface area contributed by atoms with Crippen LogP contribution in [0.15, 0.2) is 24.3 Å². The second-order valence-electron chi connectivity index (χ2n) is 1.88. The first-order valence-corrected chi connectivity index (χ1v) is 3.09. The molecule has 0 aliphatic rings. The second-order valence-corrected chi connectivity index (χ2v) is 1.88. The van der Waals surface area contributed by atoms with Gasteiger partial charge in [-0.15, -0.1) is 0 Å². The molecule has 2 N–H and O–H groups in total. The number of nitrogens with two attached hydrogens (primary N) is 1. The van der Waals surface area contributed by atoms with E-state index in [2.05, 4.69) is 4.98 Å². The van der Waals surface area contributed by atoms with Crippen LogP contribution in [0, 0.1) is 20.7 Å². The third-order valence-electron chi connectivity index (χ3n) is 1.04. The molecule has 0 aliphatic carbocycles. The van der Waals surface area contributed by atoms with Crippen LogP contribution in [0.1, 0.15) is 0 Å². The van der Waals surface area contributed by atoms with Gasteiger partial charge in [0.15, 0.2) is 4.98 Å². The molecule has 0 saturated heterocycles. The summed E-state index contributed by atoms with van der Waals surface area (Å²) in [6.45, 7) is 0. The molecule has 0 radical (unpaired) electrons. The molecule has 7 heteroatoms. The van der Waals surface area contributed by atoms with Crippen LogP contribution in [0.2, 0.25) is 0 Å². The number of nitrogens with zero attached hydrogens (tertiary/aromatic N) is 3. The first-order valence-electron chi connectivity index (χ1n) is 3.09. The molecule has 1 aromatic rings. The van der Waals surface area contributed by atoms with Crippen LogP contribution in [0.5, 0.6) is 0 Å². The summed E-state index contributed by atoms with van der Waals surface area (Å²) >= 11 is 0. The fraction of sp³-hybridized carbons (Fsp3) is 0. The zero-order valence-corrected chi connectivity index (χ0v) is 6.45. The third kappa shape index (κ3) is 4.97. The topological polar surface area (TPSA) is 120 Å². The summed E-state index contributed by atoms with van der Waals surface area (Å²) in [5.41, 5.74) is 6.28. The highest BCUT2D eigenvalue weighted by atomic mass is 16.9. The third-order valence-corrected chi connectivity index (χ3v) is 1.04. The maximum atomic E-state index is 8.26. The van der Waals surface area contributed by atoms with E-state index in [-0.39, 0.29) is 0 Å². The lowest BCUT2D eigenvalue weighted by atomic mass is 10.3. The Morgan fingerprint density at radius 2 is 1.85 bits per heavy atom. The lowest BCUT2D eigenvalue weighted by molar-refractivity contribution is -0.402. The second kappa shape index (κ2) is 5.31. The van der Waals surface area contributed by atoms with Gasteiger partial charge in [0.25, 0.3) is 0 Å². The van der Waals surface area contributed by atoms with Gasteiger partial charge in [-0.25, -0.2) is 0 Å². The van der Waals surface area contributed by atoms with Crippen LogP contribution in [0.4, 0.5) is 11.4 Å². The van der Waals surface area contributed by atoms with Crippen molar-refractivity contribution in [2.24, 2.45) is 0 Å². The molecule has 7 nitrogen and oxygen atoms in total. The van der Waals surface area contributed by atoms with Crippen molar-refractivity contribution in [1.29, 1.82) is 5.39 Å². The van der Waals surface area contributed by atoms with E-state index in [0.29, 0.717) is 11.4 Å². The normalized spacial score (nSPS) is 7.62. The van der Waals surface area contributed by atoms with E-state index in [9.17, 15) is 0 Å². The Morgan fingerprint density at radius 3 is 2.15 bits per heavy atom. The van der Waals surface area contributed by atoms with Gasteiger partial charge in [-0.05, 0) is 6.07 Å². The first-order chi connectivity index (χ1) is 6.07. The van der Waals surface area contributed by atoms with Gasteiger partial charge in [0.05, 0.1) is 5.09 Å². The predicted molar refractivity (Wildman–Crippen MR) is 46.0 cm³/mol. The predicted octanol–water partition coefficient (Wildman–Crippen LogP) is 1.51. The van der Waals surface area contributed by atoms with Gasteiger partial charge in [-0.1, -0.05) is 12.1 Å². The molecule has 0 unspecified atom stereocenters. The van der Waals surface area contributed by atoms with Crippen molar-refractivity contribution >= 4 is 11.4 Å². The fourth-order valence-electron chi connectivity index (χ4n) is 0.579. The number of hydrogen-bond acceptors (Lipinski definition) is 5. The van der Waals surface area contributed by atoms with Gasteiger partial charge < -0.3 is 21.1 Å². The molecule has 0 spiro atoms. The SMILES string of the molecule is N#[N+]c1ccccc1N.O=[N+]([O-])[O-]. The molecule has 68 valence electrons. The summed E-state index contributed by atoms with van der Waals surface area (Å²) in [6, 6.07) is 6.85. The zero-order chi connectivity index (χ0) is 10.3. The highest BCUT2D eigenvalue weighted by Gasteiger charge is 2.06. The molecule has 0 heterocycles. The van der Waals surface area contributed by atoms with Crippen LogP contribution in [0.3, 0.4) is 0 Å². The Hall–Kier alpha value is -2.36. The minimum Gasteiger partial charge on any atom is -0.392 e. The Morgan fingerprint density at radius 1 is 1.38 bits per heavy atom. The Balaban J connectivity index is 0.000000310. The lowest BCUT2D eigenvalue weighted by Crippen LogP contribution is -1.81. The number of anilines is 1. The van der Waals surface area contributed by atoms with E-state index >= 15 is 0 Å². The van der Waals surface area contributed by atoms with Crippen molar-refractivity contribution in [2.75, 3.05) is 5.73 Å². The average Bonchev–Trinajstić information content (AvgIpc) is 2.04. The number of hydrogen-bond donors (Lipinski definition) is 1. The molecular weight excluding hydrogens is 176 g/mol. The summed E-state index contributed by atoms with van der Waals surface area (Å²) in [4.78, 5) is 11.2. The summed E-state index contributed by atoms with van der Waals surface area (Å²) < 4.78 is 0. The van der Waals surface area contributed by atoms with Crippen LogP contribution in [-0.4, -0.2) is 5.09 Å². The Kier molecular flexibility index (Phi) is 4.35. The minimum absolute atomic E-state index is 0.414. The number of para-hydroxylation sites is 1. The number of nitrogen functional groups attached to an aromatic ring is 1. The Bertz CT molecular complexity index is 329. The van der Waals surface area contributed by atoms with Gasteiger partial charge in [-0.3, -0.25) is 0 Å². The van der Waals surface area contributed by atoms with E-state index in [1.807, 2.05) is 0 Å². The molecule has 0 bridgehead atoms. The number of rotatable bonds is 0. The standard InChI is InChI=1S/C6H6N3.NO3/c7-5-3-1-2-4-6(5)9-8;2-1(3)4/h1-4H,7H2;/q+1;-1. The molecule has 13 heavy (non-hydrogen) atoms. The molecule has 0 atom stereocenters. The van der Waals surface area contributed by atoms with Crippen molar-refractivity contribution < 1.29 is 5.09 Å². The van der Waals surface area contributed by atoms with E-state index in [0.717, 1.165) is 0 Å². The largest absolute Gasteiger partial charge is 0.407 e. The highest BCUT2D eigenvalue weighted by molar-refractivity contribution is 5.65. The van der Waals surface area contributed by atoms with E-state index in [1.165, 1.54) is 0 Å². The van der Waals surface area contributed by atoms with Crippen molar-refractivity contribution in [3.63, 3.8) is 0 Å². The molecule has 0 aromatic heterocycles. The Labute approximate surface area is 73.1 Å². The van der Waals surface area contributed by atoms with Gasteiger partial charge in [0, 0.05) is 6.07 Å². The smallest absolute Gasteiger partial charge is 0.392 e. The van der Waals surface area contributed by atoms with E-state index < -0.39 is 5.09 Å². The molecule has 1 aromatic carbocycles. The van der Waals surface area contributed by atoms with Crippen LogP contribution < -0.4 is 5.73 Å². The van der Waals surface area contributed by atoms with Gasteiger partial charge >= 0.3 is 5.69 Å². The highest BCUT2D eigenvalue weighted by Crippen LogP contribution is 2.19.